The average molecular weight is 542 g/mol. The zero-order valence-corrected chi connectivity index (χ0v) is 21.2. The number of carboxylic acid groups (broad SMARTS) is 2. The minimum absolute atomic E-state index is 0.0418. The number of benzene rings is 1. The van der Waals surface area contributed by atoms with Gasteiger partial charge in [0.2, 0.25) is 17.7 Å². The molecule has 0 bridgehead atoms. The molecule has 0 aliphatic heterocycles. The highest BCUT2D eigenvalue weighted by Crippen LogP contribution is 2.11. The number of aromatic hydroxyl groups is 1. The topological polar surface area (TPSA) is 234 Å². The number of phenolic OH excluding ortho intramolecular Hbond substituents is 1. The third kappa shape index (κ3) is 11.9. The number of amides is 3. The van der Waals surface area contributed by atoms with E-state index in [0.717, 1.165) is 0 Å². The predicted octanol–water partition coefficient (Wildman–Crippen LogP) is -1.28. The molecule has 0 fully saturated rings. The maximum absolute atomic E-state index is 12.9. The zero-order chi connectivity index (χ0) is 28.0. The summed E-state index contributed by atoms with van der Waals surface area (Å²) >= 11 is 4.05. The molecule has 206 valence electrons. The van der Waals surface area contributed by atoms with Crippen molar-refractivity contribution in [1.82, 2.24) is 16.0 Å². The average Bonchev–Trinajstić information content (AvgIpc) is 2.85. The Morgan fingerprint density at radius 1 is 0.838 bits per heavy atom. The number of phenols is 1. The van der Waals surface area contributed by atoms with Gasteiger partial charge in [-0.2, -0.15) is 12.6 Å². The molecular formula is C23H35N5O8S. The number of aliphatic carboxylic acids is 2. The minimum Gasteiger partial charge on any atom is -0.508 e. The summed E-state index contributed by atoms with van der Waals surface area (Å²) in [6.45, 7) is 0.373. The van der Waals surface area contributed by atoms with E-state index in [1.165, 1.54) is 12.1 Å². The Kier molecular flexibility index (Phi) is 14.0. The Morgan fingerprint density at radius 3 is 1.95 bits per heavy atom. The van der Waals surface area contributed by atoms with Crippen molar-refractivity contribution in [3.05, 3.63) is 29.8 Å². The molecule has 1 rings (SSSR count). The van der Waals surface area contributed by atoms with Crippen LogP contribution in [0, 0.1) is 0 Å². The van der Waals surface area contributed by atoms with E-state index in [1.807, 2.05) is 0 Å². The van der Waals surface area contributed by atoms with E-state index in [1.54, 1.807) is 12.1 Å². The number of rotatable bonds is 17. The van der Waals surface area contributed by atoms with E-state index in [0.29, 0.717) is 24.9 Å². The van der Waals surface area contributed by atoms with Gasteiger partial charge in [0, 0.05) is 12.2 Å². The summed E-state index contributed by atoms with van der Waals surface area (Å²) in [6.07, 6.45) is 0.539. The number of hydrogen-bond donors (Lipinski definition) is 9. The van der Waals surface area contributed by atoms with Gasteiger partial charge in [-0.1, -0.05) is 12.1 Å². The highest BCUT2D eigenvalue weighted by molar-refractivity contribution is 7.80. The van der Waals surface area contributed by atoms with Crippen molar-refractivity contribution in [3.8, 4) is 5.75 Å². The summed E-state index contributed by atoms with van der Waals surface area (Å²) < 4.78 is 0. The van der Waals surface area contributed by atoms with Crippen molar-refractivity contribution < 1.29 is 39.3 Å². The lowest BCUT2D eigenvalue weighted by molar-refractivity contribution is -0.142. The van der Waals surface area contributed by atoms with Crippen LogP contribution < -0.4 is 27.4 Å². The standard InChI is InChI=1S/C23H35N5O8S/c24-10-2-1-3-17(23(35)36)27-22(34)18(12-37)28-21(33)16(8-9-19(30)31)26-20(32)15(25)11-13-4-6-14(29)7-5-13/h4-7,15-18,29,37H,1-3,8-12,24-25H2,(H,26,32)(H,27,34)(H,28,33)(H,30,31)(H,35,36). The van der Waals surface area contributed by atoms with Crippen LogP contribution in [0.2, 0.25) is 0 Å². The normalized spacial score (nSPS) is 14.0. The second-order valence-corrected chi connectivity index (χ2v) is 8.76. The number of unbranched alkanes of at least 4 members (excludes halogenated alkanes) is 1. The van der Waals surface area contributed by atoms with Crippen molar-refractivity contribution in [2.75, 3.05) is 12.3 Å². The SMILES string of the molecule is NCCCCC(NC(=O)C(CS)NC(=O)C(CCC(=O)O)NC(=O)C(N)Cc1ccc(O)cc1)C(=O)O. The number of carboxylic acids is 2. The van der Waals surface area contributed by atoms with Gasteiger partial charge >= 0.3 is 11.9 Å². The van der Waals surface area contributed by atoms with Crippen LogP contribution in [-0.4, -0.2) is 81.4 Å². The van der Waals surface area contributed by atoms with Crippen LogP contribution in [0.1, 0.15) is 37.7 Å². The van der Waals surface area contributed by atoms with Gasteiger partial charge in [0.1, 0.15) is 23.9 Å². The van der Waals surface area contributed by atoms with Crippen LogP contribution >= 0.6 is 12.6 Å². The van der Waals surface area contributed by atoms with Crippen LogP contribution in [0.15, 0.2) is 24.3 Å². The van der Waals surface area contributed by atoms with Crippen molar-refractivity contribution in [3.63, 3.8) is 0 Å². The lowest BCUT2D eigenvalue weighted by Gasteiger charge is -2.24. The molecule has 13 nitrogen and oxygen atoms in total. The molecule has 0 aliphatic rings. The molecule has 3 amide bonds. The number of nitrogens with two attached hydrogens (primary N) is 2. The van der Waals surface area contributed by atoms with Gasteiger partial charge in [0.25, 0.3) is 0 Å². The van der Waals surface area contributed by atoms with Gasteiger partial charge in [-0.15, -0.1) is 0 Å². The molecule has 10 N–H and O–H groups in total. The molecule has 0 radical (unpaired) electrons. The molecule has 1 aromatic rings. The predicted molar refractivity (Wildman–Crippen MR) is 137 cm³/mol. The second-order valence-electron chi connectivity index (χ2n) is 8.40. The molecule has 37 heavy (non-hydrogen) atoms. The van der Waals surface area contributed by atoms with E-state index in [-0.39, 0.29) is 30.8 Å². The van der Waals surface area contributed by atoms with Crippen LogP contribution in [0.3, 0.4) is 0 Å². The van der Waals surface area contributed by atoms with Gasteiger partial charge in [-0.3, -0.25) is 19.2 Å². The third-order valence-corrected chi connectivity index (χ3v) is 5.75. The summed E-state index contributed by atoms with van der Waals surface area (Å²) in [6, 6.07) is 1.15. The van der Waals surface area contributed by atoms with E-state index >= 15 is 0 Å². The summed E-state index contributed by atoms with van der Waals surface area (Å²) in [4.78, 5) is 60.7. The Morgan fingerprint density at radius 2 is 1.41 bits per heavy atom. The maximum Gasteiger partial charge on any atom is 0.326 e. The lowest BCUT2D eigenvalue weighted by atomic mass is 10.0. The number of hydrogen-bond acceptors (Lipinski definition) is 9. The van der Waals surface area contributed by atoms with Crippen molar-refractivity contribution >= 4 is 42.3 Å². The molecular weight excluding hydrogens is 506 g/mol. The first-order valence-corrected chi connectivity index (χ1v) is 12.3. The molecule has 0 aliphatic carbocycles. The molecule has 0 aromatic heterocycles. The smallest absolute Gasteiger partial charge is 0.326 e. The highest BCUT2D eigenvalue weighted by Gasteiger charge is 2.30. The number of nitrogens with one attached hydrogen (secondary N) is 3. The lowest BCUT2D eigenvalue weighted by Crippen LogP contribution is -2.57. The van der Waals surface area contributed by atoms with E-state index in [2.05, 4.69) is 28.6 Å². The molecule has 4 unspecified atom stereocenters. The molecule has 1 aromatic carbocycles. The minimum atomic E-state index is -1.33. The Bertz CT molecular complexity index is 930. The summed E-state index contributed by atoms with van der Waals surface area (Å²) in [7, 11) is 0. The van der Waals surface area contributed by atoms with Gasteiger partial charge in [-0.25, -0.2) is 4.79 Å². The monoisotopic (exact) mass is 541 g/mol. The fourth-order valence-electron chi connectivity index (χ4n) is 3.28. The van der Waals surface area contributed by atoms with Crippen molar-refractivity contribution in [1.29, 1.82) is 0 Å². The van der Waals surface area contributed by atoms with E-state index in [4.69, 9.17) is 16.6 Å². The second kappa shape index (κ2) is 16.4. The molecule has 14 heteroatoms. The largest absolute Gasteiger partial charge is 0.508 e. The van der Waals surface area contributed by atoms with Gasteiger partial charge in [0.05, 0.1) is 6.04 Å². The third-order valence-electron chi connectivity index (χ3n) is 5.39. The number of carbonyl (C=O) groups excluding carboxylic acids is 3. The fourth-order valence-corrected chi connectivity index (χ4v) is 3.54. The van der Waals surface area contributed by atoms with Crippen molar-refractivity contribution in [2.45, 2.75) is 62.7 Å². The maximum atomic E-state index is 12.9. The van der Waals surface area contributed by atoms with E-state index in [9.17, 15) is 34.2 Å². The van der Waals surface area contributed by atoms with Crippen LogP contribution in [0.4, 0.5) is 0 Å². The first-order valence-electron chi connectivity index (χ1n) is 11.7. The quantitative estimate of drug-likeness (QED) is 0.0837. The van der Waals surface area contributed by atoms with Gasteiger partial charge in [0.15, 0.2) is 0 Å². The van der Waals surface area contributed by atoms with Crippen LogP contribution in [-0.2, 0) is 30.4 Å². The molecule has 0 spiro atoms. The molecule has 0 saturated heterocycles. The Labute approximate surface area is 219 Å². The van der Waals surface area contributed by atoms with Gasteiger partial charge in [-0.05, 0) is 56.3 Å². The zero-order valence-electron chi connectivity index (χ0n) is 20.3. The fraction of sp³-hybridized carbons (Fsp3) is 0.522. The first kappa shape index (κ1) is 31.7. The highest BCUT2D eigenvalue weighted by atomic mass is 32.1. The molecule has 0 heterocycles. The molecule has 0 saturated carbocycles. The van der Waals surface area contributed by atoms with E-state index < -0.39 is 60.2 Å². The summed E-state index contributed by atoms with van der Waals surface area (Å²) in [5.74, 6) is -4.97. The Hall–Kier alpha value is -3.36. The molecule has 4 atom stereocenters. The van der Waals surface area contributed by atoms with Crippen LogP contribution in [0.5, 0.6) is 5.75 Å². The summed E-state index contributed by atoms with van der Waals surface area (Å²) in [5, 5.41) is 34.9. The Balaban J connectivity index is 2.86. The van der Waals surface area contributed by atoms with Gasteiger partial charge < -0.3 is 42.7 Å². The summed E-state index contributed by atoms with van der Waals surface area (Å²) in [5.41, 5.74) is 12.0. The first-order chi connectivity index (χ1) is 17.5. The van der Waals surface area contributed by atoms with Crippen molar-refractivity contribution in [2.24, 2.45) is 11.5 Å². The number of carbonyl (C=O) groups is 5. The van der Waals surface area contributed by atoms with Crippen LogP contribution in [0.25, 0.3) is 0 Å². The number of thiol groups is 1.